The molecule has 31 heavy (non-hydrogen) atoms. The number of hydrogen-bond acceptors (Lipinski definition) is 6. The molecule has 0 saturated heterocycles. The van der Waals surface area contributed by atoms with E-state index in [-0.39, 0.29) is 5.75 Å². The van der Waals surface area contributed by atoms with Crippen molar-refractivity contribution >= 4 is 34.3 Å². The molecular formula is C22H20F2N2O4S. The highest BCUT2D eigenvalue weighted by atomic mass is 32.1. The summed E-state index contributed by atoms with van der Waals surface area (Å²) in [5.41, 5.74) is 2.09. The van der Waals surface area contributed by atoms with Crippen LogP contribution in [0.2, 0.25) is 0 Å². The maximum atomic E-state index is 12.2. The van der Waals surface area contributed by atoms with E-state index in [1.165, 1.54) is 41.7 Å². The minimum Gasteiger partial charge on any atom is -0.452 e. The molecule has 1 amide bonds. The van der Waals surface area contributed by atoms with Gasteiger partial charge in [0.1, 0.15) is 16.8 Å². The molecule has 0 fully saturated rings. The molecule has 6 nitrogen and oxygen atoms in total. The second-order valence-electron chi connectivity index (χ2n) is 6.82. The number of nitrogens with one attached hydrogen (secondary N) is 1. The molecule has 0 atom stereocenters. The van der Waals surface area contributed by atoms with Gasteiger partial charge in [0.15, 0.2) is 6.61 Å². The molecule has 2 aromatic rings. The van der Waals surface area contributed by atoms with Crippen molar-refractivity contribution in [1.29, 1.82) is 5.26 Å². The molecule has 1 aromatic heterocycles. The maximum Gasteiger partial charge on any atom is 0.387 e. The summed E-state index contributed by atoms with van der Waals surface area (Å²) in [6, 6.07) is 7.87. The van der Waals surface area contributed by atoms with E-state index < -0.39 is 25.1 Å². The molecule has 0 radical (unpaired) electrons. The molecule has 1 heterocycles. The fraction of sp³-hybridized carbons (Fsp3) is 0.318. The van der Waals surface area contributed by atoms with E-state index in [0.717, 1.165) is 48.6 Å². The Morgan fingerprint density at radius 3 is 2.65 bits per heavy atom. The topological polar surface area (TPSA) is 88.4 Å². The summed E-state index contributed by atoms with van der Waals surface area (Å²) in [5, 5.41) is 12.7. The number of nitrogens with zero attached hydrogens (tertiary/aromatic N) is 1. The van der Waals surface area contributed by atoms with Gasteiger partial charge < -0.3 is 14.8 Å². The third kappa shape index (κ3) is 6.36. The Kier molecular flexibility index (Phi) is 7.73. The molecule has 0 spiro atoms. The van der Waals surface area contributed by atoms with Crippen molar-refractivity contribution in [3.8, 4) is 11.8 Å². The first-order valence-corrected chi connectivity index (χ1v) is 10.5. The fourth-order valence-electron chi connectivity index (χ4n) is 3.22. The lowest BCUT2D eigenvalue weighted by Gasteiger charge is -2.05. The van der Waals surface area contributed by atoms with Gasteiger partial charge in [-0.2, -0.15) is 14.0 Å². The van der Waals surface area contributed by atoms with Crippen LogP contribution in [-0.2, 0) is 27.2 Å². The molecular weight excluding hydrogens is 426 g/mol. The Hall–Kier alpha value is -3.25. The quantitative estimate of drug-likeness (QED) is 0.379. The van der Waals surface area contributed by atoms with Crippen LogP contribution in [0.1, 0.15) is 40.8 Å². The van der Waals surface area contributed by atoms with Gasteiger partial charge in [0.05, 0.1) is 5.56 Å². The molecule has 162 valence electrons. The number of rotatable bonds is 7. The molecule has 9 heteroatoms. The van der Waals surface area contributed by atoms with Gasteiger partial charge in [-0.05, 0) is 55.0 Å². The highest BCUT2D eigenvalue weighted by Crippen LogP contribution is 2.36. The van der Waals surface area contributed by atoms with Gasteiger partial charge in [-0.25, -0.2) is 4.79 Å². The number of esters is 1. The van der Waals surface area contributed by atoms with Crippen LogP contribution in [0.25, 0.3) is 6.08 Å². The van der Waals surface area contributed by atoms with Crippen LogP contribution in [0.4, 0.5) is 13.8 Å². The van der Waals surface area contributed by atoms with Gasteiger partial charge in [-0.3, -0.25) is 4.79 Å². The lowest BCUT2D eigenvalue weighted by Crippen LogP contribution is -2.20. The Bertz CT molecular complexity index is 1010. The van der Waals surface area contributed by atoms with Crippen molar-refractivity contribution in [3.05, 3.63) is 51.9 Å². The average molecular weight is 446 g/mol. The molecule has 0 aliphatic heterocycles. The zero-order valence-corrected chi connectivity index (χ0v) is 17.3. The minimum atomic E-state index is -2.91. The van der Waals surface area contributed by atoms with Crippen molar-refractivity contribution in [2.45, 2.75) is 38.7 Å². The predicted octanol–water partition coefficient (Wildman–Crippen LogP) is 4.69. The lowest BCUT2D eigenvalue weighted by atomic mass is 10.1. The summed E-state index contributed by atoms with van der Waals surface area (Å²) < 4.78 is 33.4. The van der Waals surface area contributed by atoms with Crippen LogP contribution in [0.15, 0.2) is 30.3 Å². The summed E-state index contributed by atoms with van der Waals surface area (Å²) in [5.74, 6) is -1.25. The van der Waals surface area contributed by atoms with E-state index in [2.05, 4.69) is 16.1 Å². The van der Waals surface area contributed by atoms with Gasteiger partial charge in [0.25, 0.3) is 5.91 Å². The smallest absolute Gasteiger partial charge is 0.387 e. The van der Waals surface area contributed by atoms with E-state index in [4.69, 9.17) is 4.74 Å². The first-order valence-electron chi connectivity index (χ1n) is 9.70. The molecule has 1 N–H and O–H groups in total. The second kappa shape index (κ2) is 10.7. The molecule has 1 aliphatic carbocycles. The largest absolute Gasteiger partial charge is 0.452 e. The standard InChI is InChI=1S/C22H20F2N2O4S/c23-22(24)30-15-9-6-14(7-10-15)8-11-20(28)29-13-19(27)26-21-17(12-25)16-4-2-1-3-5-18(16)31-21/h6-11,22H,1-5,13H2,(H,26,27)/b11-8+. The van der Waals surface area contributed by atoms with Crippen molar-refractivity contribution in [1.82, 2.24) is 0 Å². The summed E-state index contributed by atoms with van der Waals surface area (Å²) in [7, 11) is 0. The number of aryl methyl sites for hydroxylation is 1. The molecule has 1 aromatic carbocycles. The van der Waals surface area contributed by atoms with E-state index >= 15 is 0 Å². The van der Waals surface area contributed by atoms with Gasteiger partial charge in [0.2, 0.25) is 0 Å². The van der Waals surface area contributed by atoms with Crippen LogP contribution >= 0.6 is 11.3 Å². The van der Waals surface area contributed by atoms with Crippen molar-refractivity contribution in [3.63, 3.8) is 0 Å². The Morgan fingerprint density at radius 1 is 1.19 bits per heavy atom. The molecule has 3 rings (SSSR count). The number of hydrogen-bond donors (Lipinski definition) is 1. The van der Waals surface area contributed by atoms with Crippen molar-refractivity contribution < 1.29 is 27.8 Å². The lowest BCUT2D eigenvalue weighted by molar-refractivity contribution is -0.142. The summed E-state index contributed by atoms with van der Waals surface area (Å²) in [4.78, 5) is 25.2. The van der Waals surface area contributed by atoms with Crippen LogP contribution < -0.4 is 10.1 Å². The van der Waals surface area contributed by atoms with Crippen molar-refractivity contribution in [2.24, 2.45) is 0 Å². The van der Waals surface area contributed by atoms with E-state index in [0.29, 0.717) is 16.1 Å². The number of ether oxygens (including phenoxy) is 2. The monoisotopic (exact) mass is 446 g/mol. The number of benzene rings is 1. The number of nitriles is 1. The Morgan fingerprint density at radius 2 is 1.94 bits per heavy atom. The van der Waals surface area contributed by atoms with Gasteiger partial charge in [-0.1, -0.05) is 18.6 Å². The third-order valence-corrected chi connectivity index (χ3v) is 5.86. The van der Waals surface area contributed by atoms with Crippen LogP contribution in [0.5, 0.6) is 5.75 Å². The molecule has 0 unspecified atom stereocenters. The van der Waals surface area contributed by atoms with E-state index in [9.17, 15) is 23.6 Å². The zero-order valence-electron chi connectivity index (χ0n) is 16.5. The maximum absolute atomic E-state index is 12.2. The number of carbonyl (C=O) groups excluding carboxylic acids is 2. The number of anilines is 1. The first-order chi connectivity index (χ1) is 15.0. The van der Waals surface area contributed by atoms with Gasteiger partial charge in [0, 0.05) is 11.0 Å². The number of thiophene rings is 1. The van der Waals surface area contributed by atoms with Crippen LogP contribution in [0.3, 0.4) is 0 Å². The Balaban J connectivity index is 1.51. The number of amides is 1. The molecule has 0 bridgehead atoms. The fourth-order valence-corrected chi connectivity index (χ4v) is 4.48. The average Bonchev–Trinajstić information content (AvgIpc) is 2.90. The highest BCUT2D eigenvalue weighted by molar-refractivity contribution is 7.16. The summed E-state index contributed by atoms with van der Waals surface area (Å²) in [6.07, 6.45) is 7.51. The second-order valence-corrected chi connectivity index (χ2v) is 7.92. The van der Waals surface area contributed by atoms with Gasteiger partial charge in [-0.15, -0.1) is 11.3 Å². The minimum absolute atomic E-state index is 0.00835. The normalized spacial score (nSPS) is 13.4. The Labute approximate surface area is 182 Å². The molecule has 1 aliphatic rings. The van der Waals surface area contributed by atoms with Gasteiger partial charge >= 0.3 is 12.6 Å². The molecule has 0 saturated carbocycles. The van der Waals surface area contributed by atoms with E-state index in [1.807, 2.05) is 0 Å². The van der Waals surface area contributed by atoms with Crippen LogP contribution in [0, 0.1) is 11.3 Å². The van der Waals surface area contributed by atoms with Crippen LogP contribution in [-0.4, -0.2) is 25.1 Å². The SMILES string of the molecule is N#Cc1c(NC(=O)COC(=O)/C=C/c2ccc(OC(F)F)cc2)sc2c1CCCCC2. The van der Waals surface area contributed by atoms with Crippen molar-refractivity contribution in [2.75, 3.05) is 11.9 Å². The highest BCUT2D eigenvalue weighted by Gasteiger charge is 2.21. The number of fused-ring (bicyclic) bond motifs is 1. The first kappa shape index (κ1) is 22.4. The number of carbonyl (C=O) groups is 2. The number of halogens is 2. The van der Waals surface area contributed by atoms with E-state index in [1.54, 1.807) is 0 Å². The third-order valence-electron chi connectivity index (χ3n) is 4.65. The summed E-state index contributed by atoms with van der Waals surface area (Å²) >= 11 is 1.41. The zero-order chi connectivity index (χ0) is 22.2. The summed E-state index contributed by atoms with van der Waals surface area (Å²) in [6.45, 7) is -3.39. The number of alkyl halides is 2. The predicted molar refractivity (Wildman–Crippen MR) is 112 cm³/mol.